The van der Waals surface area contributed by atoms with Crippen LogP contribution in [0.25, 0.3) is 0 Å². The molecule has 0 bridgehead atoms. The number of carbonyl (C=O) groups excluding carboxylic acids is 1. The third-order valence-electron chi connectivity index (χ3n) is 2.29. The van der Waals surface area contributed by atoms with Crippen molar-refractivity contribution in [1.82, 2.24) is 5.32 Å². The highest BCUT2D eigenvalue weighted by Gasteiger charge is 2.10. The lowest BCUT2D eigenvalue weighted by Gasteiger charge is -2.14. The first-order valence-corrected chi connectivity index (χ1v) is 5.46. The average molecular weight is 234 g/mol. The van der Waals surface area contributed by atoms with Crippen molar-refractivity contribution in [2.24, 2.45) is 0 Å². The Morgan fingerprint density at radius 3 is 2.65 bits per heavy atom. The van der Waals surface area contributed by atoms with Gasteiger partial charge in [-0.2, -0.15) is 0 Å². The van der Waals surface area contributed by atoms with Crippen LogP contribution in [0.3, 0.4) is 0 Å². The smallest absolute Gasteiger partial charge is 0.242 e. The molecule has 0 radical (unpaired) electrons. The van der Waals surface area contributed by atoms with Crippen LogP contribution in [-0.4, -0.2) is 25.6 Å². The molecule has 1 rings (SSSR count). The number of benzene rings is 1. The van der Waals surface area contributed by atoms with Gasteiger partial charge in [-0.15, -0.1) is 6.58 Å². The lowest BCUT2D eigenvalue weighted by Crippen LogP contribution is -2.37. The van der Waals surface area contributed by atoms with Gasteiger partial charge in [0.05, 0.1) is 7.11 Å². The third kappa shape index (κ3) is 4.18. The third-order valence-corrected chi connectivity index (χ3v) is 2.29. The molecule has 17 heavy (non-hydrogen) atoms. The van der Waals surface area contributed by atoms with Crippen LogP contribution in [0.15, 0.2) is 36.9 Å². The molecule has 1 unspecified atom stereocenters. The van der Waals surface area contributed by atoms with E-state index in [4.69, 9.17) is 4.74 Å². The summed E-state index contributed by atoms with van der Waals surface area (Å²) in [6, 6.07) is 7.14. The Hall–Kier alpha value is -1.97. The second-order valence-electron chi connectivity index (χ2n) is 3.63. The number of methoxy groups -OCH3 is 1. The van der Waals surface area contributed by atoms with Crippen LogP contribution in [0.1, 0.15) is 6.92 Å². The second kappa shape index (κ2) is 6.58. The normalized spacial score (nSPS) is 11.4. The highest BCUT2D eigenvalue weighted by Crippen LogP contribution is 2.15. The number of amides is 1. The van der Waals surface area contributed by atoms with Crippen molar-refractivity contribution >= 4 is 11.6 Å². The molecule has 2 N–H and O–H groups in total. The number of hydrogen-bond acceptors (Lipinski definition) is 3. The van der Waals surface area contributed by atoms with E-state index in [1.54, 1.807) is 13.2 Å². The van der Waals surface area contributed by atoms with Gasteiger partial charge in [-0.3, -0.25) is 4.79 Å². The molecule has 92 valence electrons. The van der Waals surface area contributed by atoms with E-state index >= 15 is 0 Å². The number of hydrogen-bond donors (Lipinski definition) is 2. The molecule has 0 aliphatic rings. The van der Waals surface area contributed by atoms with E-state index in [2.05, 4.69) is 17.2 Å². The van der Waals surface area contributed by atoms with Gasteiger partial charge in [0.2, 0.25) is 5.91 Å². The van der Waals surface area contributed by atoms with E-state index in [-0.39, 0.29) is 11.9 Å². The Kier molecular flexibility index (Phi) is 5.07. The molecule has 1 amide bonds. The maximum absolute atomic E-state index is 11.6. The van der Waals surface area contributed by atoms with E-state index in [0.717, 1.165) is 11.4 Å². The number of ether oxygens (including phenoxy) is 1. The maximum Gasteiger partial charge on any atom is 0.242 e. The summed E-state index contributed by atoms with van der Waals surface area (Å²) in [5, 5.41) is 5.83. The molecule has 4 heteroatoms. The molecule has 4 nitrogen and oxygen atoms in total. The van der Waals surface area contributed by atoms with Crippen molar-refractivity contribution < 1.29 is 9.53 Å². The molecule has 0 aromatic heterocycles. The fourth-order valence-electron chi connectivity index (χ4n) is 1.33. The Labute approximate surface area is 102 Å². The standard InChI is InChI=1S/C13H18N2O2/c1-4-9-14-13(16)10(2)15-11-5-7-12(17-3)8-6-11/h4-8,10,15H,1,9H2,2-3H3,(H,14,16). The summed E-state index contributed by atoms with van der Waals surface area (Å²) in [5.74, 6) is 0.736. The lowest BCUT2D eigenvalue weighted by molar-refractivity contribution is -0.121. The van der Waals surface area contributed by atoms with Crippen molar-refractivity contribution in [3.05, 3.63) is 36.9 Å². The molecule has 1 aromatic rings. The molecule has 0 heterocycles. The van der Waals surface area contributed by atoms with Crippen molar-refractivity contribution in [3.8, 4) is 5.75 Å². The molecular formula is C13H18N2O2. The van der Waals surface area contributed by atoms with Crippen molar-refractivity contribution in [1.29, 1.82) is 0 Å². The summed E-state index contributed by atoms with van der Waals surface area (Å²) < 4.78 is 5.06. The fourth-order valence-corrected chi connectivity index (χ4v) is 1.33. The topological polar surface area (TPSA) is 50.4 Å². The summed E-state index contributed by atoms with van der Waals surface area (Å²) in [5.41, 5.74) is 0.882. The number of rotatable bonds is 6. The molecule has 1 aromatic carbocycles. The fraction of sp³-hybridized carbons (Fsp3) is 0.308. The van der Waals surface area contributed by atoms with Gasteiger partial charge < -0.3 is 15.4 Å². The molecule has 0 saturated carbocycles. The molecule has 0 spiro atoms. The van der Waals surface area contributed by atoms with Gasteiger partial charge in [-0.1, -0.05) is 6.08 Å². The zero-order chi connectivity index (χ0) is 12.7. The van der Waals surface area contributed by atoms with E-state index in [1.807, 2.05) is 31.2 Å². The first-order valence-electron chi connectivity index (χ1n) is 5.46. The minimum atomic E-state index is -0.289. The number of nitrogens with one attached hydrogen (secondary N) is 2. The first kappa shape index (κ1) is 13.1. The maximum atomic E-state index is 11.6. The van der Waals surface area contributed by atoms with Crippen LogP contribution < -0.4 is 15.4 Å². The van der Waals surface area contributed by atoms with Crippen LogP contribution in [0.5, 0.6) is 5.75 Å². The van der Waals surface area contributed by atoms with Gasteiger partial charge >= 0.3 is 0 Å². The zero-order valence-corrected chi connectivity index (χ0v) is 10.2. The number of anilines is 1. The van der Waals surface area contributed by atoms with E-state index < -0.39 is 0 Å². The highest BCUT2D eigenvalue weighted by atomic mass is 16.5. The summed E-state index contributed by atoms with van der Waals surface area (Å²) in [7, 11) is 1.62. The molecule has 0 fully saturated rings. The van der Waals surface area contributed by atoms with Crippen molar-refractivity contribution in [3.63, 3.8) is 0 Å². The molecule has 1 atom stereocenters. The lowest BCUT2D eigenvalue weighted by atomic mass is 10.2. The summed E-state index contributed by atoms with van der Waals surface area (Å²) in [4.78, 5) is 11.6. The minimum absolute atomic E-state index is 0.0549. The summed E-state index contributed by atoms with van der Waals surface area (Å²) in [6.45, 7) is 5.83. The van der Waals surface area contributed by atoms with E-state index in [9.17, 15) is 4.79 Å². The van der Waals surface area contributed by atoms with Gasteiger partial charge in [0.1, 0.15) is 11.8 Å². The second-order valence-corrected chi connectivity index (χ2v) is 3.63. The minimum Gasteiger partial charge on any atom is -0.497 e. The van der Waals surface area contributed by atoms with Gasteiger partial charge in [-0.25, -0.2) is 0 Å². The van der Waals surface area contributed by atoms with Crippen molar-refractivity contribution in [2.45, 2.75) is 13.0 Å². The number of carbonyl (C=O) groups is 1. The predicted octanol–water partition coefficient (Wildman–Crippen LogP) is 1.80. The van der Waals surface area contributed by atoms with Crippen LogP contribution >= 0.6 is 0 Å². The molecule has 0 aliphatic carbocycles. The summed E-state index contributed by atoms with van der Waals surface area (Å²) >= 11 is 0. The Bertz CT molecular complexity index is 374. The summed E-state index contributed by atoms with van der Waals surface area (Å²) in [6.07, 6.45) is 1.65. The van der Waals surface area contributed by atoms with E-state index in [0.29, 0.717) is 6.54 Å². The van der Waals surface area contributed by atoms with Gasteiger partial charge in [0.15, 0.2) is 0 Å². The predicted molar refractivity (Wildman–Crippen MR) is 69.3 cm³/mol. The highest BCUT2D eigenvalue weighted by molar-refractivity contribution is 5.84. The quantitative estimate of drug-likeness (QED) is 0.738. The Morgan fingerprint density at radius 1 is 1.47 bits per heavy atom. The average Bonchev–Trinajstić information content (AvgIpc) is 2.36. The van der Waals surface area contributed by atoms with Gasteiger partial charge in [0.25, 0.3) is 0 Å². The van der Waals surface area contributed by atoms with Crippen molar-refractivity contribution in [2.75, 3.05) is 19.0 Å². The first-order chi connectivity index (χ1) is 8.17. The van der Waals surface area contributed by atoms with Crippen LogP contribution in [0.4, 0.5) is 5.69 Å². The monoisotopic (exact) mass is 234 g/mol. The molecule has 0 aliphatic heterocycles. The Balaban J connectivity index is 2.51. The van der Waals surface area contributed by atoms with Crippen LogP contribution in [-0.2, 0) is 4.79 Å². The molecule has 0 saturated heterocycles. The largest absolute Gasteiger partial charge is 0.497 e. The Morgan fingerprint density at radius 2 is 2.12 bits per heavy atom. The van der Waals surface area contributed by atoms with Crippen LogP contribution in [0.2, 0.25) is 0 Å². The van der Waals surface area contributed by atoms with Gasteiger partial charge in [-0.05, 0) is 31.2 Å². The van der Waals surface area contributed by atoms with Crippen LogP contribution in [0, 0.1) is 0 Å². The van der Waals surface area contributed by atoms with E-state index in [1.165, 1.54) is 0 Å². The SMILES string of the molecule is C=CCNC(=O)C(C)Nc1ccc(OC)cc1. The molecular weight excluding hydrogens is 216 g/mol. The van der Waals surface area contributed by atoms with Gasteiger partial charge in [0, 0.05) is 12.2 Å². The zero-order valence-electron chi connectivity index (χ0n) is 10.2.